The lowest BCUT2D eigenvalue weighted by molar-refractivity contribution is -0.122. The molecule has 0 aliphatic rings. The molecule has 0 saturated carbocycles. The molecule has 0 aromatic heterocycles. The van der Waals surface area contributed by atoms with Crippen LogP contribution in [0.4, 0.5) is 11.4 Å². The molecule has 0 atom stereocenters. The quantitative estimate of drug-likeness (QED) is 0.392. The second kappa shape index (κ2) is 8.00. The summed E-state index contributed by atoms with van der Waals surface area (Å²) in [7, 11) is 0. The number of nitrogens with one attached hydrogen (secondary N) is 2. The van der Waals surface area contributed by atoms with Gasteiger partial charge in [0.1, 0.15) is 6.61 Å². The maximum absolute atomic E-state index is 11.7. The third-order valence-electron chi connectivity index (χ3n) is 2.46. The Balaban J connectivity index is 2.54. The van der Waals surface area contributed by atoms with Crippen molar-refractivity contribution in [1.82, 2.24) is 5.32 Å². The predicted molar refractivity (Wildman–Crippen MR) is 77.4 cm³/mol. The van der Waals surface area contributed by atoms with Crippen LogP contribution in [-0.4, -0.2) is 38.1 Å². The number of carbonyl (C=O) groups is 2. The van der Waals surface area contributed by atoms with E-state index in [1.165, 1.54) is 0 Å². The van der Waals surface area contributed by atoms with Gasteiger partial charge in [0.05, 0.1) is 18.0 Å². The maximum atomic E-state index is 11.7. The van der Waals surface area contributed by atoms with Crippen molar-refractivity contribution in [3.05, 3.63) is 23.8 Å². The number of rotatable bonds is 8. The van der Waals surface area contributed by atoms with E-state index in [2.05, 4.69) is 10.6 Å². The lowest BCUT2D eigenvalue weighted by atomic mass is 10.1. The Morgan fingerprint density at radius 2 is 2.10 bits per heavy atom. The molecule has 110 valence electrons. The van der Waals surface area contributed by atoms with Gasteiger partial charge >= 0.3 is 0 Å². The monoisotopic (exact) mass is 280 g/mol. The van der Waals surface area contributed by atoms with Gasteiger partial charge in [-0.25, -0.2) is 0 Å². The molecular formula is C13H20N4O3. The van der Waals surface area contributed by atoms with E-state index >= 15 is 0 Å². The Hall–Kier alpha value is -2.28. The van der Waals surface area contributed by atoms with Crippen LogP contribution in [0.2, 0.25) is 0 Å². The molecule has 0 saturated heterocycles. The highest BCUT2D eigenvalue weighted by atomic mass is 16.5. The molecule has 1 rings (SSSR count). The predicted octanol–water partition coefficient (Wildman–Crippen LogP) is -0.0677. The van der Waals surface area contributed by atoms with Crippen molar-refractivity contribution >= 4 is 23.2 Å². The highest BCUT2D eigenvalue weighted by Crippen LogP contribution is 2.19. The normalized spacial score (nSPS) is 10.1. The zero-order chi connectivity index (χ0) is 15.0. The van der Waals surface area contributed by atoms with Crippen LogP contribution >= 0.6 is 0 Å². The Morgan fingerprint density at radius 3 is 2.75 bits per heavy atom. The van der Waals surface area contributed by atoms with Crippen LogP contribution in [0, 0.1) is 0 Å². The van der Waals surface area contributed by atoms with Crippen molar-refractivity contribution in [2.45, 2.75) is 6.92 Å². The molecule has 0 fully saturated rings. The molecule has 7 nitrogen and oxygen atoms in total. The van der Waals surface area contributed by atoms with E-state index in [1.807, 2.05) is 6.92 Å². The van der Waals surface area contributed by atoms with E-state index in [4.69, 9.17) is 16.2 Å². The Labute approximate surface area is 117 Å². The van der Waals surface area contributed by atoms with E-state index in [0.717, 1.165) is 0 Å². The third kappa shape index (κ3) is 5.15. The molecule has 2 amide bonds. The number of nitrogens with two attached hydrogens (primary N) is 2. The fourth-order valence-electron chi connectivity index (χ4n) is 1.54. The standard InChI is InChI=1S/C13H20N4O3/c1-2-16-13(19)9-3-4-10(14)11(7-9)17-5-6-20-8-12(15)18/h3-4,7,17H,2,5-6,8,14H2,1H3,(H2,15,18)(H,16,19). The lowest BCUT2D eigenvalue weighted by Crippen LogP contribution is -2.23. The fourth-order valence-corrected chi connectivity index (χ4v) is 1.54. The fraction of sp³-hybridized carbons (Fsp3) is 0.385. The molecule has 0 unspecified atom stereocenters. The van der Waals surface area contributed by atoms with Crippen LogP contribution in [0.5, 0.6) is 0 Å². The number of nitrogen functional groups attached to an aromatic ring is 1. The summed E-state index contributed by atoms with van der Waals surface area (Å²) in [5, 5.41) is 5.76. The van der Waals surface area contributed by atoms with E-state index < -0.39 is 5.91 Å². The first-order chi connectivity index (χ1) is 9.54. The average molecular weight is 280 g/mol. The van der Waals surface area contributed by atoms with E-state index in [9.17, 15) is 9.59 Å². The first kappa shape index (κ1) is 15.8. The van der Waals surface area contributed by atoms with Crippen molar-refractivity contribution in [2.24, 2.45) is 5.73 Å². The number of anilines is 2. The maximum Gasteiger partial charge on any atom is 0.251 e. The van der Waals surface area contributed by atoms with Gasteiger partial charge < -0.3 is 26.8 Å². The number of primary amides is 1. The lowest BCUT2D eigenvalue weighted by Gasteiger charge is -2.11. The molecule has 0 spiro atoms. The summed E-state index contributed by atoms with van der Waals surface area (Å²) >= 11 is 0. The molecule has 0 aliphatic heterocycles. The second-order valence-corrected chi connectivity index (χ2v) is 4.11. The Bertz CT molecular complexity index is 477. The van der Waals surface area contributed by atoms with Crippen LogP contribution in [0.3, 0.4) is 0 Å². The van der Waals surface area contributed by atoms with Crippen molar-refractivity contribution in [2.75, 3.05) is 37.4 Å². The molecule has 20 heavy (non-hydrogen) atoms. The van der Waals surface area contributed by atoms with Gasteiger partial charge in [0.15, 0.2) is 0 Å². The average Bonchev–Trinajstić information content (AvgIpc) is 2.40. The summed E-state index contributed by atoms with van der Waals surface area (Å²) in [6.07, 6.45) is 0. The molecule has 1 aromatic rings. The van der Waals surface area contributed by atoms with Gasteiger partial charge in [-0.3, -0.25) is 9.59 Å². The molecular weight excluding hydrogens is 260 g/mol. The molecule has 0 aliphatic carbocycles. The Morgan fingerprint density at radius 1 is 1.35 bits per heavy atom. The first-order valence-corrected chi connectivity index (χ1v) is 6.32. The van der Waals surface area contributed by atoms with Crippen LogP contribution in [-0.2, 0) is 9.53 Å². The van der Waals surface area contributed by atoms with Crippen molar-refractivity contribution in [3.63, 3.8) is 0 Å². The van der Waals surface area contributed by atoms with Gasteiger partial charge in [-0.1, -0.05) is 0 Å². The number of benzene rings is 1. The van der Waals surface area contributed by atoms with Crippen LogP contribution in [0.15, 0.2) is 18.2 Å². The van der Waals surface area contributed by atoms with E-state index in [-0.39, 0.29) is 12.5 Å². The van der Waals surface area contributed by atoms with Crippen LogP contribution in [0.25, 0.3) is 0 Å². The number of hydrogen-bond acceptors (Lipinski definition) is 5. The van der Waals surface area contributed by atoms with E-state index in [0.29, 0.717) is 36.6 Å². The zero-order valence-electron chi connectivity index (χ0n) is 11.4. The summed E-state index contributed by atoms with van der Waals surface area (Å²) in [6, 6.07) is 5.00. The summed E-state index contributed by atoms with van der Waals surface area (Å²) in [5.74, 6) is -0.664. The van der Waals surface area contributed by atoms with Crippen LogP contribution in [0.1, 0.15) is 17.3 Å². The number of amides is 2. The molecule has 0 bridgehead atoms. The summed E-state index contributed by atoms with van der Waals surface area (Å²) in [6.45, 7) is 3.07. The number of hydrogen-bond donors (Lipinski definition) is 4. The minimum absolute atomic E-state index is 0.115. The SMILES string of the molecule is CCNC(=O)c1ccc(N)c(NCCOCC(N)=O)c1. The smallest absolute Gasteiger partial charge is 0.251 e. The van der Waals surface area contributed by atoms with Crippen LogP contribution < -0.4 is 22.1 Å². The van der Waals surface area contributed by atoms with Gasteiger partial charge in [0, 0.05) is 18.7 Å². The third-order valence-corrected chi connectivity index (χ3v) is 2.46. The highest BCUT2D eigenvalue weighted by molar-refractivity contribution is 5.96. The number of ether oxygens (including phenoxy) is 1. The van der Waals surface area contributed by atoms with Crippen molar-refractivity contribution in [3.8, 4) is 0 Å². The van der Waals surface area contributed by atoms with Crippen molar-refractivity contribution in [1.29, 1.82) is 0 Å². The molecule has 1 aromatic carbocycles. The summed E-state index contributed by atoms with van der Waals surface area (Å²) in [5.41, 5.74) is 12.5. The topological polar surface area (TPSA) is 119 Å². The summed E-state index contributed by atoms with van der Waals surface area (Å²) in [4.78, 5) is 22.2. The van der Waals surface area contributed by atoms with E-state index in [1.54, 1.807) is 18.2 Å². The highest BCUT2D eigenvalue weighted by Gasteiger charge is 2.07. The first-order valence-electron chi connectivity index (χ1n) is 6.32. The second-order valence-electron chi connectivity index (χ2n) is 4.11. The zero-order valence-corrected chi connectivity index (χ0v) is 11.4. The molecule has 6 N–H and O–H groups in total. The molecule has 0 heterocycles. The van der Waals surface area contributed by atoms with Crippen molar-refractivity contribution < 1.29 is 14.3 Å². The molecule has 0 radical (unpaired) electrons. The minimum atomic E-state index is -0.511. The summed E-state index contributed by atoms with van der Waals surface area (Å²) < 4.78 is 5.02. The van der Waals surface area contributed by atoms with Gasteiger partial charge in [0.2, 0.25) is 5.91 Å². The minimum Gasteiger partial charge on any atom is -0.397 e. The Kier molecular flexibility index (Phi) is 6.31. The van der Waals surface area contributed by atoms with Gasteiger partial charge in [0.25, 0.3) is 5.91 Å². The van der Waals surface area contributed by atoms with Gasteiger partial charge in [-0.2, -0.15) is 0 Å². The largest absolute Gasteiger partial charge is 0.397 e. The molecule has 7 heteroatoms. The van der Waals surface area contributed by atoms with Gasteiger partial charge in [-0.05, 0) is 25.1 Å². The van der Waals surface area contributed by atoms with Gasteiger partial charge in [-0.15, -0.1) is 0 Å². The number of carbonyl (C=O) groups excluding carboxylic acids is 2.